The monoisotopic (exact) mass is 334 g/mol. The zero-order valence-corrected chi connectivity index (χ0v) is 14.8. The molecule has 2 rings (SSSR count). The van der Waals surface area contributed by atoms with Gasteiger partial charge in [-0.25, -0.2) is 0 Å². The van der Waals surface area contributed by atoms with Crippen LogP contribution in [0.4, 0.5) is 0 Å². The lowest BCUT2D eigenvalue weighted by Crippen LogP contribution is -2.45. The number of hydrogen-bond donors (Lipinski definition) is 2. The van der Waals surface area contributed by atoms with E-state index in [4.69, 9.17) is 0 Å². The van der Waals surface area contributed by atoms with Gasteiger partial charge in [-0.05, 0) is 25.3 Å². The van der Waals surface area contributed by atoms with Crippen molar-refractivity contribution in [3.8, 4) is 5.75 Å². The Hall–Kier alpha value is -0.480. The second kappa shape index (κ2) is 9.52. The quantitative estimate of drug-likeness (QED) is 0.883. The molecular weight excluding hydrogens is 307 g/mol. The molecule has 2 N–H and O–H groups in total. The smallest absolute Gasteiger partial charge is 0.120 e. The molecule has 21 heavy (non-hydrogen) atoms. The molecule has 3 nitrogen and oxygen atoms in total. The van der Waals surface area contributed by atoms with Gasteiger partial charge in [-0.1, -0.05) is 31.5 Å². The maximum atomic E-state index is 10.2. The Morgan fingerprint density at radius 2 is 1.81 bits per heavy atom. The average Bonchev–Trinajstić information content (AvgIpc) is 2.40. The van der Waals surface area contributed by atoms with Gasteiger partial charge in [0.1, 0.15) is 5.75 Å². The summed E-state index contributed by atoms with van der Waals surface area (Å²) in [5.41, 5.74) is 2.31. The Bertz CT molecular complexity index is 421. The van der Waals surface area contributed by atoms with E-state index in [1.807, 2.05) is 12.1 Å². The maximum absolute atomic E-state index is 10.2. The third-order valence-electron chi connectivity index (χ3n) is 3.83. The highest BCUT2D eigenvalue weighted by atomic mass is 35.5. The van der Waals surface area contributed by atoms with Gasteiger partial charge in [0, 0.05) is 37.8 Å². The number of phenols is 1. The zero-order valence-electron chi connectivity index (χ0n) is 13.1. The van der Waals surface area contributed by atoms with Crippen LogP contribution in [0.25, 0.3) is 0 Å². The number of nitrogens with zero attached hydrogens (tertiary/aromatic N) is 1. The maximum Gasteiger partial charge on any atom is 0.120 e. The lowest BCUT2D eigenvalue weighted by Gasteiger charge is -2.36. The lowest BCUT2D eigenvalue weighted by molar-refractivity contribution is 0.151. The van der Waals surface area contributed by atoms with Crippen LogP contribution in [-0.4, -0.2) is 36.2 Å². The summed E-state index contributed by atoms with van der Waals surface area (Å²) in [5, 5.41) is 13.6. The van der Waals surface area contributed by atoms with Crippen molar-refractivity contribution in [1.82, 2.24) is 10.2 Å². The van der Waals surface area contributed by atoms with Crippen molar-refractivity contribution in [2.24, 2.45) is 5.92 Å². The van der Waals surface area contributed by atoms with Gasteiger partial charge in [0.25, 0.3) is 0 Å². The fourth-order valence-electron chi connectivity index (χ4n) is 2.85. The minimum absolute atomic E-state index is 0. The molecule has 1 saturated heterocycles. The molecule has 5 heteroatoms. The Morgan fingerprint density at radius 3 is 2.38 bits per heavy atom. The Labute approximate surface area is 140 Å². The van der Waals surface area contributed by atoms with E-state index < -0.39 is 0 Å². The van der Waals surface area contributed by atoms with Crippen molar-refractivity contribution < 1.29 is 5.11 Å². The number of rotatable bonds is 4. The van der Waals surface area contributed by atoms with Crippen LogP contribution in [0.2, 0.25) is 0 Å². The number of halogens is 2. The van der Waals surface area contributed by atoms with Gasteiger partial charge in [-0.2, -0.15) is 0 Å². The summed E-state index contributed by atoms with van der Waals surface area (Å²) >= 11 is 0. The molecule has 122 valence electrons. The number of piperazine rings is 1. The topological polar surface area (TPSA) is 35.5 Å². The highest BCUT2D eigenvalue weighted by molar-refractivity contribution is 5.85. The molecule has 0 aromatic heterocycles. The molecule has 0 unspecified atom stereocenters. The average molecular weight is 335 g/mol. The van der Waals surface area contributed by atoms with Crippen LogP contribution < -0.4 is 5.32 Å². The van der Waals surface area contributed by atoms with Crippen molar-refractivity contribution in [3.05, 3.63) is 29.3 Å². The van der Waals surface area contributed by atoms with Crippen molar-refractivity contribution >= 4 is 24.8 Å². The highest BCUT2D eigenvalue weighted by Gasteiger charge is 2.25. The van der Waals surface area contributed by atoms with E-state index in [1.165, 1.54) is 5.56 Å². The van der Waals surface area contributed by atoms with Crippen molar-refractivity contribution in [2.45, 2.75) is 33.2 Å². The summed E-state index contributed by atoms with van der Waals surface area (Å²) in [5.74, 6) is 1.06. The molecule has 1 aliphatic heterocycles. The van der Waals surface area contributed by atoms with Crippen molar-refractivity contribution in [1.29, 1.82) is 0 Å². The highest BCUT2D eigenvalue weighted by Crippen LogP contribution is 2.34. The van der Waals surface area contributed by atoms with E-state index >= 15 is 0 Å². The molecule has 1 aliphatic rings. The van der Waals surface area contributed by atoms with E-state index in [1.54, 1.807) is 0 Å². The molecule has 1 atom stereocenters. The molecule has 1 heterocycles. The van der Waals surface area contributed by atoms with Gasteiger partial charge >= 0.3 is 0 Å². The second-order valence-corrected chi connectivity index (χ2v) is 5.99. The SMILES string of the molecule is Cc1ccc(O)c([C@@H](CC(C)C)N2CCNCC2)c1.Cl.Cl. The van der Waals surface area contributed by atoms with Gasteiger partial charge in [-0.15, -0.1) is 24.8 Å². The van der Waals surface area contributed by atoms with Gasteiger partial charge < -0.3 is 10.4 Å². The van der Waals surface area contributed by atoms with Crippen molar-refractivity contribution in [3.63, 3.8) is 0 Å². The first-order valence-corrected chi connectivity index (χ1v) is 7.32. The first-order valence-electron chi connectivity index (χ1n) is 7.32. The van der Waals surface area contributed by atoms with Crippen LogP contribution in [-0.2, 0) is 0 Å². The Morgan fingerprint density at radius 1 is 1.19 bits per heavy atom. The predicted octanol–water partition coefficient (Wildman–Crippen LogP) is 3.54. The summed E-state index contributed by atoms with van der Waals surface area (Å²) in [6, 6.07) is 6.29. The Kier molecular flexibility index (Phi) is 9.30. The molecule has 0 saturated carbocycles. The predicted molar refractivity (Wildman–Crippen MR) is 94.0 cm³/mol. The summed E-state index contributed by atoms with van der Waals surface area (Å²) < 4.78 is 0. The summed E-state index contributed by atoms with van der Waals surface area (Å²) in [7, 11) is 0. The number of phenolic OH excluding ortho intramolecular Hbond substituents is 1. The minimum Gasteiger partial charge on any atom is -0.508 e. The van der Waals surface area contributed by atoms with Crippen LogP contribution in [0.1, 0.15) is 37.4 Å². The molecule has 0 radical (unpaired) electrons. The van der Waals surface area contributed by atoms with E-state index in [2.05, 4.69) is 37.1 Å². The van der Waals surface area contributed by atoms with Crippen LogP contribution in [0, 0.1) is 12.8 Å². The number of nitrogens with one attached hydrogen (secondary N) is 1. The number of hydrogen-bond acceptors (Lipinski definition) is 3. The first-order chi connectivity index (χ1) is 9.08. The molecule has 0 bridgehead atoms. The molecule has 1 fully saturated rings. The molecule has 0 amide bonds. The third kappa shape index (κ3) is 5.67. The van der Waals surface area contributed by atoms with E-state index in [-0.39, 0.29) is 24.8 Å². The largest absolute Gasteiger partial charge is 0.508 e. The fourth-order valence-corrected chi connectivity index (χ4v) is 2.85. The molecule has 1 aromatic rings. The van der Waals surface area contributed by atoms with Gasteiger partial charge in [0.05, 0.1) is 0 Å². The van der Waals surface area contributed by atoms with Gasteiger partial charge in [0.2, 0.25) is 0 Å². The van der Waals surface area contributed by atoms with Crippen molar-refractivity contribution in [2.75, 3.05) is 26.2 Å². The number of benzene rings is 1. The van der Waals surface area contributed by atoms with Crippen LogP contribution in [0.15, 0.2) is 18.2 Å². The molecular formula is C16H28Cl2N2O. The standard InChI is InChI=1S/C16H26N2O.2ClH/c1-12(2)10-15(18-8-6-17-7-9-18)14-11-13(3)4-5-16(14)19;;/h4-5,11-12,15,17,19H,6-10H2,1-3H3;2*1H/t15-;;/m1../s1. The molecule has 0 aliphatic carbocycles. The van der Waals surface area contributed by atoms with E-state index in [0.29, 0.717) is 17.7 Å². The lowest BCUT2D eigenvalue weighted by atomic mass is 9.93. The number of aryl methyl sites for hydroxylation is 1. The third-order valence-corrected chi connectivity index (χ3v) is 3.83. The summed E-state index contributed by atoms with van der Waals surface area (Å²) in [6.45, 7) is 10.8. The van der Waals surface area contributed by atoms with Gasteiger partial charge in [0.15, 0.2) is 0 Å². The minimum atomic E-state index is 0. The number of aromatic hydroxyl groups is 1. The summed E-state index contributed by atoms with van der Waals surface area (Å²) in [4.78, 5) is 2.50. The van der Waals surface area contributed by atoms with Crippen LogP contribution in [0.3, 0.4) is 0 Å². The normalized spacial score (nSPS) is 17.0. The van der Waals surface area contributed by atoms with E-state index in [0.717, 1.165) is 38.2 Å². The summed E-state index contributed by atoms with van der Waals surface area (Å²) in [6.07, 6.45) is 1.09. The van der Waals surface area contributed by atoms with E-state index in [9.17, 15) is 5.11 Å². The van der Waals surface area contributed by atoms with Crippen LogP contribution >= 0.6 is 24.8 Å². The fraction of sp³-hybridized carbons (Fsp3) is 0.625. The van der Waals surface area contributed by atoms with Crippen LogP contribution in [0.5, 0.6) is 5.75 Å². The molecule has 1 aromatic carbocycles. The Balaban J connectivity index is 0.00000200. The zero-order chi connectivity index (χ0) is 13.8. The molecule has 0 spiro atoms. The second-order valence-electron chi connectivity index (χ2n) is 5.99. The van der Waals surface area contributed by atoms with Gasteiger partial charge in [-0.3, -0.25) is 4.90 Å². The first kappa shape index (κ1) is 20.5.